The molecular formula is C18H34IN7O. The highest BCUT2D eigenvalue weighted by Crippen LogP contribution is 2.26. The molecule has 1 saturated heterocycles. The first-order chi connectivity index (χ1) is 12.5. The van der Waals surface area contributed by atoms with Crippen LogP contribution in [0.3, 0.4) is 0 Å². The van der Waals surface area contributed by atoms with Gasteiger partial charge in [0, 0.05) is 37.8 Å². The lowest BCUT2D eigenvalue weighted by Crippen LogP contribution is -2.52. The van der Waals surface area contributed by atoms with Crippen molar-refractivity contribution in [2.45, 2.75) is 57.7 Å². The molecule has 2 aliphatic heterocycles. The van der Waals surface area contributed by atoms with Crippen LogP contribution in [0.2, 0.25) is 0 Å². The number of likely N-dealkylation sites (N-methyl/N-ethyl adjacent to an activating group) is 1. The Balaban J connectivity index is 0.00000261. The maximum absolute atomic E-state index is 5.56. The third-order valence-electron chi connectivity index (χ3n) is 5.55. The van der Waals surface area contributed by atoms with Gasteiger partial charge in [-0.25, -0.2) is 9.67 Å². The molecule has 154 valence electrons. The standard InChI is InChI=1S/C18H33N7O.HI/c1-5-19-17(20-13-18(24(3)4)8-10-26-11-9-18)22-15-6-7-16-21-14(2)23-25(16)12-15;/h15H,5-13H2,1-4H3,(H2,19,20,22);1H. The van der Waals surface area contributed by atoms with Gasteiger partial charge >= 0.3 is 0 Å². The Labute approximate surface area is 179 Å². The maximum atomic E-state index is 5.56. The molecule has 0 bridgehead atoms. The first-order valence-electron chi connectivity index (χ1n) is 9.73. The Morgan fingerprint density at radius 3 is 2.78 bits per heavy atom. The van der Waals surface area contributed by atoms with Crippen LogP contribution >= 0.6 is 24.0 Å². The topological polar surface area (TPSA) is 79.6 Å². The van der Waals surface area contributed by atoms with Gasteiger partial charge in [-0.15, -0.1) is 24.0 Å². The summed E-state index contributed by atoms with van der Waals surface area (Å²) in [4.78, 5) is 11.7. The Kier molecular flexibility index (Phi) is 8.29. The highest BCUT2D eigenvalue weighted by Gasteiger charge is 2.34. The second kappa shape index (κ2) is 10.0. The van der Waals surface area contributed by atoms with Gasteiger partial charge in [0.1, 0.15) is 11.6 Å². The fourth-order valence-corrected chi connectivity index (χ4v) is 3.79. The van der Waals surface area contributed by atoms with E-state index < -0.39 is 0 Å². The number of ether oxygens (including phenoxy) is 1. The maximum Gasteiger partial charge on any atom is 0.191 e. The molecule has 0 saturated carbocycles. The SMILES string of the molecule is CCNC(=NCC1(N(C)C)CCOCC1)NC1CCc2nc(C)nn2C1.I. The predicted molar refractivity (Wildman–Crippen MR) is 118 cm³/mol. The van der Waals surface area contributed by atoms with Crippen LogP contribution in [-0.4, -0.2) is 77.6 Å². The van der Waals surface area contributed by atoms with Crippen molar-refractivity contribution < 1.29 is 4.74 Å². The van der Waals surface area contributed by atoms with E-state index in [9.17, 15) is 0 Å². The van der Waals surface area contributed by atoms with Crippen molar-refractivity contribution in [2.75, 3.05) is 40.4 Å². The number of hydrogen-bond acceptors (Lipinski definition) is 5. The predicted octanol–water partition coefficient (Wildman–Crippen LogP) is 1.19. The molecule has 2 N–H and O–H groups in total. The van der Waals surface area contributed by atoms with E-state index in [0.29, 0.717) is 6.04 Å². The fourth-order valence-electron chi connectivity index (χ4n) is 3.79. The summed E-state index contributed by atoms with van der Waals surface area (Å²) in [6.45, 7) is 8.15. The minimum Gasteiger partial charge on any atom is -0.381 e. The largest absolute Gasteiger partial charge is 0.381 e. The molecule has 8 nitrogen and oxygen atoms in total. The van der Waals surface area contributed by atoms with Crippen LogP contribution in [0, 0.1) is 6.92 Å². The first-order valence-corrected chi connectivity index (χ1v) is 9.73. The average Bonchev–Trinajstić information content (AvgIpc) is 3.00. The summed E-state index contributed by atoms with van der Waals surface area (Å²) >= 11 is 0. The van der Waals surface area contributed by atoms with E-state index in [2.05, 4.69) is 46.6 Å². The van der Waals surface area contributed by atoms with Crippen LogP contribution < -0.4 is 10.6 Å². The molecule has 0 amide bonds. The molecule has 1 fully saturated rings. The molecular weight excluding hydrogens is 457 g/mol. The van der Waals surface area contributed by atoms with E-state index in [0.717, 1.165) is 76.1 Å². The molecule has 0 aliphatic carbocycles. The summed E-state index contributed by atoms with van der Waals surface area (Å²) in [5.74, 6) is 2.84. The molecule has 1 unspecified atom stereocenters. The third kappa shape index (κ3) is 5.54. The van der Waals surface area contributed by atoms with Crippen LogP contribution in [0.25, 0.3) is 0 Å². The van der Waals surface area contributed by atoms with Crippen molar-refractivity contribution in [1.29, 1.82) is 0 Å². The van der Waals surface area contributed by atoms with Crippen LogP contribution in [0.5, 0.6) is 0 Å². The van der Waals surface area contributed by atoms with Crippen LogP contribution in [0.1, 0.15) is 37.8 Å². The van der Waals surface area contributed by atoms with E-state index in [4.69, 9.17) is 9.73 Å². The van der Waals surface area contributed by atoms with E-state index >= 15 is 0 Å². The number of rotatable bonds is 5. The molecule has 0 spiro atoms. The van der Waals surface area contributed by atoms with E-state index in [-0.39, 0.29) is 29.5 Å². The average molecular weight is 491 g/mol. The summed E-state index contributed by atoms with van der Waals surface area (Å²) in [6.07, 6.45) is 4.05. The van der Waals surface area contributed by atoms with Crippen molar-refractivity contribution in [3.8, 4) is 0 Å². The van der Waals surface area contributed by atoms with Gasteiger partial charge in [0.15, 0.2) is 5.96 Å². The van der Waals surface area contributed by atoms with Crippen LogP contribution in [0.15, 0.2) is 4.99 Å². The zero-order chi connectivity index (χ0) is 18.6. The molecule has 3 rings (SSSR count). The lowest BCUT2D eigenvalue weighted by Gasteiger charge is -2.41. The normalized spacial score (nSPS) is 22.1. The minimum absolute atomic E-state index is 0. The first kappa shape index (κ1) is 22.4. The minimum atomic E-state index is 0. The van der Waals surface area contributed by atoms with Crippen molar-refractivity contribution in [1.82, 2.24) is 30.3 Å². The molecule has 1 aromatic rings. The highest BCUT2D eigenvalue weighted by molar-refractivity contribution is 14.0. The van der Waals surface area contributed by atoms with Crippen molar-refractivity contribution in [2.24, 2.45) is 4.99 Å². The van der Waals surface area contributed by atoms with Gasteiger partial charge in [-0.2, -0.15) is 5.10 Å². The summed E-state index contributed by atoms with van der Waals surface area (Å²) in [7, 11) is 4.30. The number of aryl methyl sites for hydroxylation is 2. The number of guanidine groups is 1. The van der Waals surface area contributed by atoms with Gasteiger partial charge in [0.25, 0.3) is 0 Å². The molecule has 27 heavy (non-hydrogen) atoms. The van der Waals surface area contributed by atoms with E-state index in [1.165, 1.54) is 0 Å². The van der Waals surface area contributed by atoms with Crippen molar-refractivity contribution >= 4 is 29.9 Å². The lowest BCUT2D eigenvalue weighted by atomic mass is 9.89. The Hall–Kier alpha value is -0.940. The molecule has 1 aromatic heterocycles. The second-order valence-electron chi connectivity index (χ2n) is 7.56. The summed E-state index contributed by atoms with van der Waals surface area (Å²) < 4.78 is 7.59. The van der Waals surface area contributed by atoms with E-state index in [1.807, 2.05) is 11.6 Å². The molecule has 0 aromatic carbocycles. The number of halogens is 1. The summed E-state index contributed by atoms with van der Waals surface area (Å²) in [6, 6.07) is 0.325. The number of aliphatic imine (C=N–C) groups is 1. The molecule has 1 atom stereocenters. The number of hydrogen-bond donors (Lipinski definition) is 2. The molecule has 9 heteroatoms. The number of aromatic nitrogens is 3. The number of fused-ring (bicyclic) bond motifs is 1. The van der Waals surface area contributed by atoms with E-state index in [1.54, 1.807) is 0 Å². The second-order valence-corrected chi connectivity index (χ2v) is 7.56. The zero-order valence-corrected chi connectivity index (χ0v) is 19.3. The number of nitrogens with one attached hydrogen (secondary N) is 2. The van der Waals surface area contributed by atoms with Crippen LogP contribution in [-0.2, 0) is 17.7 Å². The monoisotopic (exact) mass is 491 g/mol. The van der Waals surface area contributed by atoms with Gasteiger partial charge < -0.3 is 20.3 Å². The zero-order valence-electron chi connectivity index (χ0n) is 17.0. The summed E-state index contributed by atoms with van der Waals surface area (Å²) in [5.41, 5.74) is 0.0867. The lowest BCUT2D eigenvalue weighted by molar-refractivity contribution is -0.00255. The number of nitrogens with zero attached hydrogens (tertiary/aromatic N) is 5. The van der Waals surface area contributed by atoms with Gasteiger partial charge in [-0.3, -0.25) is 4.99 Å². The van der Waals surface area contributed by atoms with Gasteiger partial charge in [-0.1, -0.05) is 0 Å². The molecule has 2 aliphatic rings. The van der Waals surface area contributed by atoms with Crippen molar-refractivity contribution in [3.05, 3.63) is 11.6 Å². The van der Waals surface area contributed by atoms with Crippen LogP contribution in [0.4, 0.5) is 0 Å². The quantitative estimate of drug-likeness (QED) is 0.366. The van der Waals surface area contributed by atoms with Gasteiger partial charge in [-0.05, 0) is 47.2 Å². The summed E-state index contributed by atoms with van der Waals surface area (Å²) in [5, 5.41) is 11.5. The Morgan fingerprint density at radius 1 is 1.37 bits per heavy atom. The Morgan fingerprint density at radius 2 is 2.11 bits per heavy atom. The smallest absolute Gasteiger partial charge is 0.191 e. The third-order valence-corrected chi connectivity index (χ3v) is 5.55. The molecule has 3 heterocycles. The highest BCUT2D eigenvalue weighted by atomic mass is 127. The fraction of sp³-hybridized carbons (Fsp3) is 0.833. The Bertz CT molecular complexity index is 625. The van der Waals surface area contributed by atoms with Crippen molar-refractivity contribution in [3.63, 3.8) is 0 Å². The van der Waals surface area contributed by atoms with Gasteiger partial charge in [0.05, 0.1) is 13.1 Å². The molecule has 0 radical (unpaired) electrons. The van der Waals surface area contributed by atoms with Gasteiger partial charge in [0.2, 0.25) is 0 Å².